The fraction of sp³-hybridized carbons (Fsp3) is 0.316. The van der Waals surface area contributed by atoms with Crippen LogP contribution in [-0.4, -0.2) is 14.5 Å². The van der Waals surface area contributed by atoms with E-state index in [1.165, 1.54) is 28.6 Å². The second kappa shape index (κ2) is 5.51. The highest BCUT2D eigenvalue weighted by Crippen LogP contribution is 2.37. The van der Waals surface area contributed by atoms with Crippen LogP contribution in [0.25, 0.3) is 10.9 Å². The maximum absolute atomic E-state index is 9.21. The molecule has 23 heavy (non-hydrogen) atoms. The number of nitriles is 1. The predicted molar refractivity (Wildman–Crippen MR) is 89.0 cm³/mol. The molecule has 0 radical (unpaired) electrons. The average Bonchev–Trinajstić information content (AvgIpc) is 3.14. The summed E-state index contributed by atoms with van der Waals surface area (Å²) in [6.45, 7) is 3.02. The predicted octanol–water partition coefficient (Wildman–Crippen LogP) is 3.48. The van der Waals surface area contributed by atoms with Crippen LogP contribution in [0.3, 0.4) is 0 Å². The molecule has 0 fully saturated rings. The Labute approximate surface area is 135 Å². The molecule has 0 spiro atoms. The van der Waals surface area contributed by atoms with E-state index in [0.717, 1.165) is 30.6 Å². The lowest BCUT2D eigenvalue weighted by Gasteiger charge is -2.11. The van der Waals surface area contributed by atoms with Crippen LogP contribution in [0.2, 0.25) is 0 Å². The molecule has 2 heterocycles. The van der Waals surface area contributed by atoms with Crippen LogP contribution < -0.4 is 0 Å². The first-order chi connectivity index (χ1) is 11.3. The largest absolute Gasteiger partial charge is 0.338 e. The third-order valence-corrected chi connectivity index (χ3v) is 4.93. The summed E-state index contributed by atoms with van der Waals surface area (Å²) >= 11 is 0. The zero-order valence-corrected chi connectivity index (χ0v) is 13.2. The van der Waals surface area contributed by atoms with E-state index in [2.05, 4.69) is 33.6 Å². The summed E-state index contributed by atoms with van der Waals surface area (Å²) in [7, 11) is 0. The van der Waals surface area contributed by atoms with Gasteiger partial charge in [0.2, 0.25) is 0 Å². The van der Waals surface area contributed by atoms with E-state index < -0.39 is 0 Å². The highest BCUT2D eigenvalue weighted by Gasteiger charge is 2.27. The first kappa shape index (κ1) is 14.0. The van der Waals surface area contributed by atoms with Crippen molar-refractivity contribution in [2.24, 2.45) is 5.92 Å². The molecule has 0 saturated carbocycles. The van der Waals surface area contributed by atoms with Crippen LogP contribution in [0.5, 0.6) is 0 Å². The lowest BCUT2D eigenvalue weighted by Crippen LogP contribution is -2.07. The summed E-state index contributed by atoms with van der Waals surface area (Å²) in [4.78, 5) is 8.38. The average molecular weight is 302 g/mol. The van der Waals surface area contributed by atoms with Gasteiger partial charge < -0.3 is 4.57 Å². The van der Waals surface area contributed by atoms with Crippen molar-refractivity contribution in [3.8, 4) is 6.07 Å². The van der Waals surface area contributed by atoms with Gasteiger partial charge in [0.15, 0.2) is 0 Å². The van der Waals surface area contributed by atoms with Crippen molar-refractivity contribution in [1.82, 2.24) is 14.5 Å². The molecule has 1 atom stereocenters. The van der Waals surface area contributed by atoms with Crippen molar-refractivity contribution in [1.29, 1.82) is 5.26 Å². The van der Waals surface area contributed by atoms with Crippen molar-refractivity contribution in [2.75, 3.05) is 0 Å². The molecule has 3 aromatic rings. The van der Waals surface area contributed by atoms with Crippen LogP contribution in [0.1, 0.15) is 35.9 Å². The highest BCUT2D eigenvalue weighted by molar-refractivity contribution is 5.87. The van der Waals surface area contributed by atoms with Gasteiger partial charge in [0.25, 0.3) is 0 Å². The fourth-order valence-corrected chi connectivity index (χ4v) is 3.68. The number of hydrogen-bond donors (Lipinski definition) is 0. The van der Waals surface area contributed by atoms with Gasteiger partial charge in [-0.2, -0.15) is 5.26 Å². The number of hydrogen-bond acceptors (Lipinski definition) is 3. The summed E-state index contributed by atoms with van der Waals surface area (Å²) in [6.07, 6.45) is 6.82. The summed E-state index contributed by atoms with van der Waals surface area (Å²) < 4.78 is 2.38. The summed E-state index contributed by atoms with van der Waals surface area (Å²) in [5.74, 6) is 0.715. The highest BCUT2D eigenvalue weighted by atomic mass is 15.0. The molecule has 0 bridgehead atoms. The Morgan fingerprint density at radius 3 is 2.96 bits per heavy atom. The molecule has 0 N–H and O–H groups in total. The molecular weight excluding hydrogens is 284 g/mol. The van der Waals surface area contributed by atoms with Gasteiger partial charge in [-0.1, -0.05) is 13.3 Å². The Morgan fingerprint density at radius 2 is 2.22 bits per heavy atom. The van der Waals surface area contributed by atoms with E-state index in [4.69, 9.17) is 0 Å². The van der Waals surface area contributed by atoms with Gasteiger partial charge in [-0.05, 0) is 48.6 Å². The number of benzene rings is 1. The van der Waals surface area contributed by atoms with Crippen molar-refractivity contribution in [3.05, 3.63) is 59.3 Å². The summed E-state index contributed by atoms with van der Waals surface area (Å²) in [5.41, 5.74) is 5.81. The van der Waals surface area contributed by atoms with Crippen LogP contribution in [-0.2, 0) is 19.4 Å². The van der Waals surface area contributed by atoms with Gasteiger partial charge >= 0.3 is 0 Å². The standard InChI is InChI=1S/C19H18N4/c1-2-13-7-17-16-8-14(10-20)3-4-18(16)23(19(17)9-13)11-15-5-6-21-12-22-15/h3-6,8,12-13H,2,7,9,11H2,1H3. The second-order valence-electron chi connectivity index (χ2n) is 6.24. The van der Waals surface area contributed by atoms with Crippen LogP contribution in [0, 0.1) is 17.2 Å². The minimum atomic E-state index is 0.715. The van der Waals surface area contributed by atoms with Crippen molar-refractivity contribution in [2.45, 2.75) is 32.7 Å². The third-order valence-electron chi connectivity index (χ3n) is 4.93. The zero-order chi connectivity index (χ0) is 15.8. The van der Waals surface area contributed by atoms with E-state index in [9.17, 15) is 5.26 Å². The third kappa shape index (κ3) is 2.29. The molecular formula is C19H18N4. The molecule has 1 aliphatic rings. The number of nitrogens with zero attached hydrogens (tertiary/aromatic N) is 4. The number of aromatic nitrogens is 3. The molecule has 2 aromatic heterocycles. The lowest BCUT2D eigenvalue weighted by molar-refractivity contribution is 0.532. The van der Waals surface area contributed by atoms with E-state index in [1.807, 2.05) is 18.2 Å². The van der Waals surface area contributed by atoms with Crippen LogP contribution in [0.4, 0.5) is 0 Å². The summed E-state index contributed by atoms with van der Waals surface area (Å²) in [5, 5.41) is 10.5. The fourth-order valence-electron chi connectivity index (χ4n) is 3.68. The SMILES string of the molecule is CCC1Cc2c(n(Cc3ccncn3)c3ccc(C#N)cc23)C1. The number of rotatable bonds is 3. The minimum absolute atomic E-state index is 0.715. The molecule has 4 heteroatoms. The Bertz CT molecular complexity index is 903. The van der Waals surface area contributed by atoms with Crippen LogP contribution in [0.15, 0.2) is 36.8 Å². The molecule has 1 unspecified atom stereocenters. The second-order valence-corrected chi connectivity index (χ2v) is 6.24. The first-order valence-corrected chi connectivity index (χ1v) is 8.09. The normalized spacial score (nSPS) is 16.4. The van der Waals surface area contributed by atoms with Gasteiger partial charge in [0.05, 0.1) is 23.9 Å². The first-order valence-electron chi connectivity index (χ1n) is 8.09. The van der Waals surface area contributed by atoms with E-state index >= 15 is 0 Å². The molecule has 4 rings (SSSR count). The van der Waals surface area contributed by atoms with E-state index in [1.54, 1.807) is 12.5 Å². The van der Waals surface area contributed by atoms with Crippen molar-refractivity contribution in [3.63, 3.8) is 0 Å². The Hall–Kier alpha value is -2.67. The van der Waals surface area contributed by atoms with Gasteiger partial charge in [-0.3, -0.25) is 0 Å². The topological polar surface area (TPSA) is 54.5 Å². The van der Waals surface area contributed by atoms with E-state index in [0.29, 0.717) is 5.92 Å². The smallest absolute Gasteiger partial charge is 0.115 e. The molecule has 114 valence electrons. The molecule has 4 nitrogen and oxygen atoms in total. The van der Waals surface area contributed by atoms with Gasteiger partial charge in [-0.25, -0.2) is 9.97 Å². The molecule has 1 aromatic carbocycles. The quantitative estimate of drug-likeness (QED) is 0.744. The Balaban J connectivity index is 1.88. The van der Waals surface area contributed by atoms with Gasteiger partial charge in [0, 0.05) is 22.8 Å². The lowest BCUT2D eigenvalue weighted by atomic mass is 10.0. The zero-order valence-electron chi connectivity index (χ0n) is 13.2. The Morgan fingerprint density at radius 1 is 1.30 bits per heavy atom. The molecule has 1 aliphatic carbocycles. The molecule has 0 aliphatic heterocycles. The van der Waals surface area contributed by atoms with Gasteiger partial charge in [0.1, 0.15) is 6.33 Å². The van der Waals surface area contributed by atoms with Crippen molar-refractivity contribution < 1.29 is 0 Å². The monoisotopic (exact) mass is 302 g/mol. The number of fused-ring (bicyclic) bond motifs is 3. The maximum Gasteiger partial charge on any atom is 0.115 e. The van der Waals surface area contributed by atoms with Gasteiger partial charge in [-0.15, -0.1) is 0 Å². The maximum atomic E-state index is 9.21. The minimum Gasteiger partial charge on any atom is -0.338 e. The molecule has 0 amide bonds. The summed E-state index contributed by atoms with van der Waals surface area (Å²) in [6, 6.07) is 10.3. The molecule has 0 saturated heterocycles. The van der Waals surface area contributed by atoms with E-state index in [-0.39, 0.29) is 0 Å². The van der Waals surface area contributed by atoms with Crippen molar-refractivity contribution >= 4 is 10.9 Å². The van der Waals surface area contributed by atoms with Crippen LogP contribution >= 0.6 is 0 Å². The Kier molecular flexibility index (Phi) is 3.34.